The van der Waals surface area contributed by atoms with Crippen LogP contribution in [0.5, 0.6) is 0 Å². The van der Waals surface area contributed by atoms with Crippen LogP contribution in [0, 0.1) is 18.6 Å². The Morgan fingerprint density at radius 2 is 1.83 bits per heavy atom. The molecule has 1 nitrogen and oxygen atoms in total. The highest BCUT2D eigenvalue weighted by Gasteiger charge is 2.14. The maximum Gasteiger partial charge on any atom is 0.194 e. The summed E-state index contributed by atoms with van der Waals surface area (Å²) >= 11 is 3.14. The van der Waals surface area contributed by atoms with Gasteiger partial charge in [-0.1, -0.05) is 0 Å². The van der Waals surface area contributed by atoms with Crippen molar-refractivity contribution in [1.29, 1.82) is 0 Å². The summed E-state index contributed by atoms with van der Waals surface area (Å²) < 4.78 is 26.4. The Kier molecular flexibility index (Phi) is 3.57. The summed E-state index contributed by atoms with van der Waals surface area (Å²) in [5.74, 6) is -1.05. The van der Waals surface area contributed by atoms with Crippen molar-refractivity contribution in [3.63, 3.8) is 0 Å². The van der Waals surface area contributed by atoms with Gasteiger partial charge in [0.2, 0.25) is 0 Å². The third kappa shape index (κ3) is 2.48. The minimum absolute atomic E-state index is 0.273. The predicted octanol–water partition coefficient (Wildman–Crippen LogP) is 4.27. The average molecular weight is 311 g/mol. The lowest BCUT2D eigenvalue weighted by Crippen LogP contribution is -2.03. The summed E-state index contributed by atoms with van der Waals surface area (Å²) in [6.45, 7) is 1.59. The third-order valence-electron chi connectivity index (χ3n) is 2.60. The molecule has 0 aliphatic rings. The Hall–Kier alpha value is -1.55. The molecule has 2 aromatic carbocycles. The van der Waals surface area contributed by atoms with Crippen LogP contribution in [0.3, 0.4) is 0 Å². The van der Waals surface area contributed by atoms with Gasteiger partial charge in [-0.2, -0.15) is 0 Å². The van der Waals surface area contributed by atoms with E-state index in [9.17, 15) is 13.6 Å². The van der Waals surface area contributed by atoms with Crippen LogP contribution in [0.25, 0.3) is 0 Å². The van der Waals surface area contributed by atoms with Gasteiger partial charge in [0.15, 0.2) is 5.78 Å². The quantitative estimate of drug-likeness (QED) is 0.757. The zero-order valence-corrected chi connectivity index (χ0v) is 11.1. The smallest absolute Gasteiger partial charge is 0.194 e. The highest BCUT2D eigenvalue weighted by molar-refractivity contribution is 9.10. The first-order chi connectivity index (χ1) is 8.49. The van der Waals surface area contributed by atoms with Gasteiger partial charge in [0.25, 0.3) is 0 Å². The van der Waals surface area contributed by atoms with Crippen LogP contribution in [0.1, 0.15) is 21.5 Å². The normalized spacial score (nSPS) is 10.4. The molecule has 0 amide bonds. The van der Waals surface area contributed by atoms with Gasteiger partial charge >= 0.3 is 0 Å². The first-order valence-corrected chi connectivity index (χ1v) is 6.04. The molecular formula is C14H9BrF2O. The van der Waals surface area contributed by atoms with E-state index >= 15 is 0 Å². The lowest BCUT2D eigenvalue weighted by atomic mass is 10.0. The number of hydrogen-bond acceptors (Lipinski definition) is 1. The molecule has 2 rings (SSSR count). The van der Waals surface area contributed by atoms with Crippen molar-refractivity contribution in [2.45, 2.75) is 6.92 Å². The fraction of sp³-hybridized carbons (Fsp3) is 0.0714. The van der Waals surface area contributed by atoms with Crippen LogP contribution in [-0.2, 0) is 0 Å². The standard InChI is InChI=1S/C14H9BrF2O/c1-8-6-9(2-5-13(8)17)14(18)11-4-3-10(16)7-12(11)15/h2-7H,1H3. The van der Waals surface area contributed by atoms with E-state index in [0.717, 1.165) is 0 Å². The monoisotopic (exact) mass is 310 g/mol. The second-order valence-electron chi connectivity index (χ2n) is 3.92. The van der Waals surface area contributed by atoms with Gasteiger partial charge < -0.3 is 0 Å². The van der Waals surface area contributed by atoms with Crippen LogP contribution in [-0.4, -0.2) is 5.78 Å². The molecule has 2 aromatic rings. The molecule has 0 saturated heterocycles. The molecule has 0 aliphatic heterocycles. The van der Waals surface area contributed by atoms with Crippen LogP contribution in [0.4, 0.5) is 8.78 Å². The first-order valence-electron chi connectivity index (χ1n) is 5.25. The highest BCUT2D eigenvalue weighted by Crippen LogP contribution is 2.22. The molecule has 0 N–H and O–H groups in total. The topological polar surface area (TPSA) is 17.1 Å². The summed E-state index contributed by atoms with van der Waals surface area (Å²) in [4.78, 5) is 12.2. The van der Waals surface area contributed by atoms with Crippen molar-refractivity contribution in [2.75, 3.05) is 0 Å². The van der Waals surface area contributed by atoms with E-state index in [1.54, 1.807) is 6.92 Å². The molecule has 0 atom stereocenters. The number of carbonyl (C=O) groups is 1. The molecule has 0 fully saturated rings. The SMILES string of the molecule is Cc1cc(C(=O)c2ccc(F)cc2Br)ccc1F. The van der Waals surface area contributed by atoms with E-state index in [-0.39, 0.29) is 11.6 Å². The number of carbonyl (C=O) groups excluding carboxylic acids is 1. The molecular weight excluding hydrogens is 302 g/mol. The molecule has 0 saturated carbocycles. The summed E-state index contributed by atoms with van der Waals surface area (Å²) in [5, 5.41) is 0. The second-order valence-corrected chi connectivity index (χ2v) is 4.77. The van der Waals surface area contributed by atoms with Gasteiger partial charge in [-0.15, -0.1) is 0 Å². The minimum Gasteiger partial charge on any atom is -0.289 e. The summed E-state index contributed by atoms with van der Waals surface area (Å²) in [6, 6.07) is 7.99. The van der Waals surface area contributed by atoms with Crippen LogP contribution < -0.4 is 0 Å². The third-order valence-corrected chi connectivity index (χ3v) is 3.25. The van der Waals surface area contributed by atoms with Crippen LogP contribution >= 0.6 is 15.9 Å². The molecule has 0 unspecified atom stereocenters. The molecule has 0 aromatic heterocycles. The van der Waals surface area contributed by atoms with Crippen molar-refractivity contribution in [2.24, 2.45) is 0 Å². The Labute approximate surface area is 112 Å². The zero-order chi connectivity index (χ0) is 13.3. The first kappa shape index (κ1) is 12.9. The number of ketones is 1. The Balaban J connectivity index is 2.44. The van der Waals surface area contributed by atoms with Crippen molar-refractivity contribution < 1.29 is 13.6 Å². The molecule has 0 spiro atoms. The number of halogens is 3. The highest BCUT2D eigenvalue weighted by atomic mass is 79.9. The largest absolute Gasteiger partial charge is 0.289 e. The average Bonchev–Trinajstić information content (AvgIpc) is 2.32. The van der Waals surface area contributed by atoms with Crippen molar-refractivity contribution >= 4 is 21.7 Å². The second kappa shape index (κ2) is 4.98. The summed E-state index contributed by atoms with van der Waals surface area (Å²) in [7, 11) is 0. The van der Waals surface area contributed by atoms with Gasteiger partial charge in [0.05, 0.1) is 0 Å². The predicted molar refractivity (Wildman–Crippen MR) is 68.7 cm³/mol. The molecule has 0 radical (unpaired) electrons. The molecule has 4 heteroatoms. The number of hydrogen-bond donors (Lipinski definition) is 0. The van der Waals surface area contributed by atoms with E-state index in [2.05, 4.69) is 15.9 Å². The maximum atomic E-state index is 13.1. The lowest BCUT2D eigenvalue weighted by Gasteiger charge is -2.05. The van der Waals surface area contributed by atoms with E-state index in [1.807, 2.05) is 0 Å². The number of benzene rings is 2. The van der Waals surface area contributed by atoms with E-state index in [4.69, 9.17) is 0 Å². The van der Waals surface area contributed by atoms with Crippen LogP contribution in [0.2, 0.25) is 0 Å². The van der Waals surface area contributed by atoms with Gasteiger partial charge in [0, 0.05) is 15.6 Å². The number of aryl methyl sites for hydroxylation is 1. The zero-order valence-electron chi connectivity index (χ0n) is 9.51. The molecule has 0 heterocycles. The summed E-state index contributed by atoms with van der Waals surface area (Å²) in [5.41, 5.74) is 1.13. The molecule has 0 aliphatic carbocycles. The van der Waals surface area contributed by atoms with Gasteiger partial charge in [-0.3, -0.25) is 4.79 Å². The van der Waals surface area contributed by atoms with Gasteiger partial charge in [0.1, 0.15) is 11.6 Å². The Morgan fingerprint density at radius 3 is 2.44 bits per heavy atom. The minimum atomic E-state index is -0.422. The Morgan fingerprint density at radius 1 is 1.11 bits per heavy atom. The number of rotatable bonds is 2. The van der Waals surface area contributed by atoms with Crippen molar-refractivity contribution in [3.8, 4) is 0 Å². The van der Waals surface area contributed by atoms with E-state index < -0.39 is 5.82 Å². The summed E-state index contributed by atoms with van der Waals surface area (Å²) in [6.07, 6.45) is 0. The van der Waals surface area contributed by atoms with Crippen LogP contribution in [0.15, 0.2) is 40.9 Å². The molecule has 92 valence electrons. The fourth-order valence-electron chi connectivity index (χ4n) is 1.62. The molecule has 0 bridgehead atoms. The maximum absolute atomic E-state index is 13.1. The fourth-order valence-corrected chi connectivity index (χ4v) is 2.15. The molecule has 18 heavy (non-hydrogen) atoms. The van der Waals surface area contributed by atoms with Gasteiger partial charge in [-0.25, -0.2) is 8.78 Å². The van der Waals surface area contributed by atoms with E-state index in [0.29, 0.717) is 21.2 Å². The van der Waals surface area contributed by atoms with Crippen molar-refractivity contribution in [3.05, 3.63) is 69.2 Å². The Bertz CT molecular complexity index is 623. The lowest BCUT2D eigenvalue weighted by molar-refractivity contribution is 0.103. The van der Waals surface area contributed by atoms with Gasteiger partial charge in [-0.05, 0) is 64.8 Å². The van der Waals surface area contributed by atoms with E-state index in [1.165, 1.54) is 36.4 Å². The van der Waals surface area contributed by atoms with Crippen molar-refractivity contribution in [1.82, 2.24) is 0 Å².